The van der Waals surface area contributed by atoms with Crippen LogP contribution < -0.4 is 20.9 Å². The zero-order valence-corrected chi connectivity index (χ0v) is 12.2. The minimum absolute atomic E-state index is 0.140. The molecule has 5 nitrogen and oxygen atoms in total. The molecule has 5 heteroatoms. The lowest BCUT2D eigenvalue weighted by molar-refractivity contribution is -0.120. The minimum Gasteiger partial charge on any atom is -0.497 e. The van der Waals surface area contributed by atoms with Crippen molar-refractivity contribution >= 4 is 11.6 Å². The van der Waals surface area contributed by atoms with Crippen LogP contribution in [0, 0.1) is 0 Å². The van der Waals surface area contributed by atoms with Gasteiger partial charge >= 0.3 is 0 Å². The zero-order valence-electron chi connectivity index (χ0n) is 12.2. The first kappa shape index (κ1) is 15.9. The van der Waals surface area contributed by atoms with E-state index in [1.807, 2.05) is 24.3 Å². The van der Waals surface area contributed by atoms with E-state index >= 15 is 0 Å². The fourth-order valence-electron chi connectivity index (χ4n) is 1.55. The van der Waals surface area contributed by atoms with Crippen molar-refractivity contribution < 1.29 is 9.53 Å². The summed E-state index contributed by atoms with van der Waals surface area (Å²) in [6.07, 6.45) is 3.03. The van der Waals surface area contributed by atoms with E-state index in [1.165, 1.54) is 0 Å². The molecule has 0 radical (unpaired) electrons. The van der Waals surface area contributed by atoms with E-state index in [-0.39, 0.29) is 12.5 Å². The molecule has 0 aliphatic carbocycles. The van der Waals surface area contributed by atoms with Gasteiger partial charge in [0.05, 0.1) is 13.7 Å². The quantitative estimate of drug-likeness (QED) is 0.607. The summed E-state index contributed by atoms with van der Waals surface area (Å²) in [6.45, 7) is 6.15. The van der Waals surface area contributed by atoms with Crippen LogP contribution in [0.2, 0.25) is 0 Å². The summed E-state index contributed by atoms with van der Waals surface area (Å²) in [5, 5.41) is 3.03. The molecule has 1 aromatic carbocycles. The van der Waals surface area contributed by atoms with Crippen molar-refractivity contribution in [1.82, 2.24) is 10.9 Å². The second kappa shape index (κ2) is 8.85. The van der Waals surface area contributed by atoms with E-state index in [0.29, 0.717) is 0 Å². The Morgan fingerprint density at radius 3 is 2.55 bits per heavy atom. The maximum atomic E-state index is 11.6. The lowest BCUT2D eigenvalue weighted by atomic mass is 10.2. The molecule has 1 amide bonds. The van der Waals surface area contributed by atoms with Gasteiger partial charge in [-0.2, -0.15) is 0 Å². The molecule has 0 unspecified atom stereocenters. The second-order valence-electron chi connectivity index (χ2n) is 4.46. The fraction of sp³-hybridized carbons (Fsp3) is 0.400. The largest absolute Gasteiger partial charge is 0.497 e. The number of hydrogen-bond acceptors (Lipinski definition) is 4. The number of amides is 1. The Bertz CT molecular complexity index is 429. The van der Waals surface area contributed by atoms with Gasteiger partial charge in [-0.1, -0.05) is 19.9 Å². The van der Waals surface area contributed by atoms with Gasteiger partial charge in [-0.15, -0.1) is 0 Å². The van der Waals surface area contributed by atoms with Gasteiger partial charge in [0.15, 0.2) is 0 Å². The number of unbranched alkanes of at least 4 members (excludes halogenated alkanes) is 1. The van der Waals surface area contributed by atoms with Crippen LogP contribution >= 0.6 is 0 Å². The predicted molar refractivity (Wildman–Crippen MR) is 81.4 cm³/mol. The number of hydrazine groups is 1. The minimum atomic E-state index is -0.140. The van der Waals surface area contributed by atoms with E-state index in [9.17, 15) is 4.79 Å². The molecule has 0 spiro atoms. The van der Waals surface area contributed by atoms with E-state index in [4.69, 9.17) is 4.74 Å². The molecule has 110 valence electrons. The first-order valence-corrected chi connectivity index (χ1v) is 6.76. The van der Waals surface area contributed by atoms with Crippen LogP contribution in [0.3, 0.4) is 0 Å². The molecular formula is C15H23N3O2. The highest BCUT2D eigenvalue weighted by molar-refractivity contribution is 5.80. The van der Waals surface area contributed by atoms with Crippen molar-refractivity contribution in [3.05, 3.63) is 36.5 Å². The number of nitrogens with one attached hydrogen (secondary N) is 3. The van der Waals surface area contributed by atoms with Crippen LogP contribution in [-0.2, 0) is 4.79 Å². The highest BCUT2D eigenvalue weighted by Gasteiger charge is 2.01. The van der Waals surface area contributed by atoms with Gasteiger partial charge in [-0.3, -0.25) is 10.2 Å². The molecule has 0 aliphatic heterocycles. The number of carbonyl (C=O) groups excluding carboxylic acids is 1. The van der Waals surface area contributed by atoms with Crippen LogP contribution in [0.25, 0.3) is 0 Å². The molecule has 20 heavy (non-hydrogen) atoms. The summed E-state index contributed by atoms with van der Waals surface area (Å²) < 4.78 is 5.07. The Labute approximate surface area is 120 Å². The van der Waals surface area contributed by atoms with Gasteiger partial charge in [0.2, 0.25) is 0 Å². The van der Waals surface area contributed by atoms with Crippen LogP contribution in [0.15, 0.2) is 36.5 Å². The van der Waals surface area contributed by atoms with Crippen molar-refractivity contribution in [2.45, 2.75) is 26.2 Å². The molecule has 1 aromatic rings. The van der Waals surface area contributed by atoms with E-state index in [0.717, 1.165) is 36.4 Å². The Morgan fingerprint density at radius 2 is 1.95 bits per heavy atom. The molecular weight excluding hydrogens is 254 g/mol. The van der Waals surface area contributed by atoms with Gasteiger partial charge in [0.25, 0.3) is 5.91 Å². The summed E-state index contributed by atoms with van der Waals surface area (Å²) in [4.78, 5) is 11.6. The Hall–Kier alpha value is -2.17. The summed E-state index contributed by atoms with van der Waals surface area (Å²) in [5.41, 5.74) is 7.12. The molecule has 0 fully saturated rings. The number of allylic oxidation sites excluding steroid dienone is 1. The van der Waals surface area contributed by atoms with Crippen molar-refractivity contribution in [3.8, 4) is 5.75 Å². The van der Waals surface area contributed by atoms with E-state index in [1.54, 1.807) is 7.11 Å². The average molecular weight is 277 g/mol. The topological polar surface area (TPSA) is 62.4 Å². The van der Waals surface area contributed by atoms with Gasteiger partial charge in [0.1, 0.15) is 5.75 Å². The third-order valence-corrected chi connectivity index (χ3v) is 2.75. The SMILES string of the molecule is C=C(CCCC)NNC(=O)CNc1ccc(OC)cc1. The second-order valence-corrected chi connectivity index (χ2v) is 4.46. The lowest BCUT2D eigenvalue weighted by Crippen LogP contribution is -2.39. The summed E-state index contributed by atoms with van der Waals surface area (Å²) in [7, 11) is 1.62. The highest BCUT2D eigenvalue weighted by Crippen LogP contribution is 2.14. The first-order valence-electron chi connectivity index (χ1n) is 6.76. The molecule has 0 saturated carbocycles. The monoisotopic (exact) mass is 277 g/mol. The molecule has 0 heterocycles. The zero-order chi connectivity index (χ0) is 14.8. The van der Waals surface area contributed by atoms with Crippen LogP contribution in [0.1, 0.15) is 26.2 Å². The first-order chi connectivity index (χ1) is 9.65. The van der Waals surface area contributed by atoms with Crippen LogP contribution in [-0.4, -0.2) is 19.6 Å². The lowest BCUT2D eigenvalue weighted by Gasteiger charge is -2.11. The molecule has 3 N–H and O–H groups in total. The number of ether oxygens (including phenoxy) is 1. The number of rotatable bonds is 9. The van der Waals surface area contributed by atoms with E-state index in [2.05, 4.69) is 29.7 Å². The third kappa shape index (κ3) is 6.13. The van der Waals surface area contributed by atoms with Gasteiger partial charge in [-0.05, 0) is 37.1 Å². The van der Waals surface area contributed by atoms with Crippen molar-refractivity contribution in [2.24, 2.45) is 0 Å². The molecule has 0 atom stereocenters. The van der Waals surface area contributed by atoms with Crippen LogP contribution in [0.5, 0.6) is 5.75 Å². The van der Waals surface area contributed by atoms with Gasteiger partial charge in [-0.25, -0.2) is 0 Å². The standard InChI is InChI=1S/C15H23N3O2/c1-4-5-6-12(2)17-18-15(19)11-16-13-7-9-14(20-3)10-8-13/h7-10,16-17H,2,4-6,11H2,1,3H3,(H,18,19). The Balaban J connectivity index is 2.23. The summed E-state index contributed by atoms with van der Waals surface area (Å²) in [5.74, 6) is 0.646. The fourth-order valence-corrected chi connectivity index (χ4v) is 1.55. The van der Waals surface area contributed by atoms with Gasteiger partial charge < -0.3 is 15.5 Å². The maximum Gasteiger partial charge on any atom is 0.257 e. The average Bonchev–Trinajstić information content (AvgIpc) is 2.49. The Morgan fingerprint density at radius 1 is 1.25 bits per heavy atom. The third-order valence-electron chi connectivity index (χ3n) is 2.75. The van der Waals surface area contributed by atoms with E-state index < -0.39 is 0 Å². The molecule has 1 rings (SSSR count). The predicted octanol–water partition coefficient (Wildman–Crippen LogP) is 2.43. The summed E-state index contributed by atoms with van der Waals surface area (Å²) in [6, 6.07) is 7.40. The molecule has 0 saturated heterocycles. The number of anilines is 1. The van der Waals surface area contributed by atoms with Gasteiger partial charge in [0, 0.05) is 11.4 Å². The Kier molecular flexibility index (Phi) is 7.03. The highest BCUT2D eigenvalue weighted by atomic mass is 16.5. The van der Waals surface area contributed by atoms with Crippen molar-refractivity contribution in [3.63, 3.8) is 0 Å². The number of hydrogen-bond donors (Lipinski definition) is 3. The number of carbonyl (C=O) groups is 1. The molecule has 0 bridgehead atoms. The molecule has 0 aromatic heterocycles. The maximum absolute atomic E-state index is 11.6. The van der Waals surface area contributed by atoms with Crippen molar-refractivity contribution in [1.29, 1.82) is 0 Å². The number of methoxy groups -OCH3 is 1. The normalized spacial score (nSPS) is 9.70. The molecule has 0 aliphatic rings. The van der Waals surface area contributed by atoms with Crippen LogP contribution in [0.4, 0.5) is 5.69 Å². The number of benzene rings is 1. The summed E-state index contributed by atoms with van der Waals surface area (Å²) >= 11 is 0. The van der Waals surface area contributed by atoms with Crippen molar-refractivity contribution in [2.75, 3.05) is 19.0 Å². The smallest absolute Gasteiger partial charge is 0.257 e.